The average molecular weight is 352 g/mol. The first-order valence-electron chi connectivity index (χ1n) is 7.60. The van der Waals surface area contributed by atoms with Crippen molar-refractivity contribution in [1.82, 2.24) is 9.55 Å². The molecule has 0 aliphatic rings. The van der Waals surface area contributed by atoms with Crippen molar-refractivity contribution in [2.45, 2.75) is 12.1 Å². The van der Waals surface area contributed by atoms with Crippen LogP contribution in [-0.2, 0) is 0 Å². The van der Waals surface area contributed by atoms with Gasteiger partial charge >= 0.3 is 5.97 Å². The maximum absolute atomic E-state index is 13.1. The van der Waals surface area contributed by atoms with Crippen molar-refractivity contribution < 1.29 is 14.7 Å². The van der Waals surface area contributed by atoms with Crippen molar-refractivity contribution >= 4 is 34.7 Å². The molecule has 1 aromatic heterocycles. The number of aromatic carboxylic acids is 1. The van der Waals surface area contributed by atoms with E-state index in [4.69, 9.17) is 0 Å². The second kappa shape index (κ2) is 6.94. The molecule has 0 aliphatic heterocycles. The monoisotopic (exact) mass is 352 g/mol. The Labute approximate surface area is 149 Å². The van der Waals surface area contributed by atoms with Gasteiger partial charge in [0.25, 0.3) is 5.91 Å². The number of aromatic nitrogens is 2. The SMILES string of the molecule is C=C(C)CSc1nc2ccccc2n1C(=O)c1ccccc1C(=O)O. The van der Waals surface area contributed by atoms with Crippen LogP contribution in [0.5, 0.6) is 0 Å². The van der Waals surface area contributed by atoms with Gasteiger partial charge in [-0.05, 0) is 31.2 Å². The van der Waals surface area contributed by atoms with E-state index in [1.165, 1.54) is 28.5 Å². The molecular weight excluding hydrogens is 336 g/mol. The normalized spacial score (nSPS) is 10.8. The summed E-state index contributed by atoms with van der Waals surface area (Å²) < 4.78 is 1.48. The topological polar surface area (TPSA) is 72.2 Å². The first kappa shape index (κ1) is 17.0. The van der Waals surface area contributed by atoms with E-state index in [-0.39, 0.29) is 11.1 Å². The maximum atomic E-state index is 13.1. The van der Waals surface area contributed by atoms with Gasteiger partial charge in [-0.25, -0.2) is 9.78 Å². The van der Waals surface area contributed by atoms with Crippen LogP contribution in [0.1, 0.15) is 27.6 Å². The number of imidazole rings is 1. The minimum atomic E-state index is -1.13. The van der Waals surface area contributed by atoms with Gasteiger partial charge in [-0.2, -0.15) is 0 Å². The number of carboxylic acid groups (broad SMARTS) is 1. The number of hydrogen-bond donors (Lipinski definition) is 1. The van der Waals surface area contributed by atoms with Crippen molar-refractivity contribution in [1.29, 1.82) is 0 Å². The summed E-state index contributed by atoms with van der Waals surface area (Å²) in [4.78, 5) is 29.1. The van der Waals surface area contributed by atoms with E-state index >= 15 is 0 Å². The number of carbonyl (C=O) groups is 2. The molecule has 0 atom stereocenters. The summed E-state index contributed by atoms with van der Waals surface area (Å²) in [6, 6.07) is 13.5. The zero-order valence-electron chi connectivity index (χ0n) is 13.6. The van der Waals surface area contributed by atoms with E-state index < -0.39 is 11.9 Å². The lowest BCUT2D eigenvalue weighted by molar-refractivity contribution is 0.0691. The summed E-state index contributed by atoms with van der Waals surface area (Å²) >= 11 is 1.40. The van der Waals surface area contributed by atoms with Crippen molar-refractivity contribution in [3.8, 4) is 0 Å². The van der Waals surface area contributed by atoms with Crippen molar-refractivity contribution in [3.05, 3.63) is 71.8 Å². The summed E-state index contributed by atoms with van der Waals surface area (Å²) in [5.74, 6) is -0.919. The molecule has 0 saturated heterocycles. The zero-order valence-corrected chi connectivity index (χ0v) is 14.4. The van der Waals surface area contributed by atoms with Gasteiger partial charge in [0.1, 0.15) is 0 Å². The maximum Gasteiger partial charge on any atom is 0.336 e. The molecule has 126 valence electrons. The summed E-state index contributed by atoms with van der Waals surface area (Å²) in [6.45, 7) is 5.78. The van der Waals surface area contributed by atoms with Crippen LogP contribution in [0.15, 0.2) is 65.8 Å². The van der Waals surface area contributed by atoms with Crippen molar-refractivity contribution in [3.63, 3.8) is 0 Å². The number of thioether (sulfide) groups is 1. The Bertz CT molecular complexity index is 991. The number of nitrogens with zero attached hydrogens (tertiary/aromatic N) is 2. The Hall–Kier alpha value is -2.86. The number of carbonyl (C=O) groups excluding carboxylic acids is 1. The first-order valence-corrected chi connectivity index (χ1v) is 8.59. The molecule has 0 radical (unpaired) electrons. The Morgan fingerprint density at radius 1 is 1.12 bits per heavy atom. The lowest BCUT2D eigenvalue weighted by Crippen LogP contribution is -2.17. The van der Waals surface area contributed by atoms with Crippen LogP contribution in [0.2, 0.25) is 0 Å². The first-order chi connectivity index (χ1) is 12.0. The molecule has 3 aromatic rings. The molecule has 0 aliphatic carbocycles. The number of hydrogen-bond acceptors (Lipinski definition) is 4. The van der Waals surface area contributed by atoms with Gasteiger partial charge in [-0.1, -0.05) is 48.2 Å². The van der Waals surface area contributed by atoms with E-state index in [1.807, 2.05) is 25.1 Å². The molecule has 0 amide bonds. The quantitative estimate of drug-likeness (QED) is 0.553. The summed E-state index contributed by atoms with van der Waals surface area (Å²) in [5, 5.41) is 9.90. The van der Waals surface area contributed by atoms with Crippen LogP contribution >= 0.6 is 11.8 Å². The standard InChI is InChI=1S/C19H16N2O3S/c1-12(2)11-25-19-20-15-9-5-6-10-16(15)21(19)17(22)13-7-3-4-8-14(13)18(23)24/h3-10H,1,11H2,2H3,(H,23,24). The Balaban J connectivity index is 2.17. The zero-order chi connectivity index (χ0) is 18.0. The molecule has 0 saturated carbocycles. The smallest absolute Gasteiger partial charge is 0.336 e. The number of carboxylic acids is 1. The molecule has 3 rings (SSSR count). The van der Waals surface area contributed by atoms with Gasteiger partial charge in [0, 0.05) is 5.75 Å². The van der Waals surface area contributed by atoms with E-state index in [9.17, 15) is 14.7 Å². The second-order valence-electron chi connectivity index (χ2n) is 5.62. The van der Waals surface area contributed by atoms with Crippen LogP contribution in [0, 0.1) is 0 Å². The molecule has 0 bridgehead atoms. The number of para-hydroxylation sites is 2. The van der Waals surface area contributed by atoms with E-state index in [0.29, 0.717) is 21.9 Å². The highest BCUT2D eigenvalue weighted by Gasteiger charge is 2.22. The van der Waals surface area contributed by atoms with E-state index in [0.717, 1.165) is 5.57 Å². The third-order valence-electron chi connectivity index (χ3n) is 3.57. The van der Waals surface area contributed by atoms with Crippen LogP contribution in [0.25, 0.3) is 11.0 Å². The predicted octanol–water partition coefficient (Wildman–Crippen LogP) is 4.09. The van der Waals surface area contributed by atoms with Crippen molar-refractivity contribution in [2.75, 3.05) is 5.75 Å². The molecular formula is C19H16N2O3S. The summed E-state index contributed by atoms with van der Waals surface area (Å²) in [6.07, 6.45) is 0. The van der Waals surface area contributed by atoms with Crippen LogP contribution in [0.3, 0.4) is 0 Å². The number of fused-ring (bicyclic) bond motifs is 1. The third kappa shape index (κ3) is 3.34. The molecule has 0 unspecified atom stereocenters. The second-order valence-corrected chi connectivity index (χ2v) is 6.56. The summed E-state index contributed by atoms with van der Waals surface area (Å²) in [5.41, 5.74) is 2.41. The van der Waals surface area contributed by atoms with Gasteiger partial charge in [0.05, 0.1) is 22.2 Å². The average Bonchev–Trinajstić information content (AvgIpc) is 2.97. The molecule has 1 heterocycles. The van der Waals surface area contributed by atoms with Gasteiger partial charge < -0.3 is 5.11 Å². The molecule has 0 spiro atoms. The van der Waals surface area contributed by atoms with Gasteiger partial charge in [0.2, 0.25) is 0 Å². The number of rotatable bonds is 5. The minimum absolute atomic E-state index is 0.0267. The molecule has 2 aromatic carbocycles. The fourth-order valence-corrected chi connectivity index (χ4v) is 3.31. The molecule has 25 heavy (non-hydrogen) atoms. The van der Waals surface area contributed by atoms with E-state index in [1.54, 1.807) is 18.2 Å². The number of benzene rings is 2. The molecule has 1 N–H and O–H groups in total. The van der Waals surface area contributed by atoms with E-state index in [2.05, 4.69) is 11.6 Å². The lowest BCUT2D eigenvalue weighted by atomic mass is 10.1. The van der Waals surface area contributed by atoms with Crippen molar-refractivity contribution in [2.24, 2.45) is 0 Å². The van der Waals surface area contributed by atoms with Gasteiger partial charge in [-0.15, -0.1) is 0 Å². The van der Waals surface area contributed by atoms with Crippen LogP contribution in [0.4, 0.5) is 0 Å². The molecule has 6 heteroatoms. The highest BCUT2D eigenvalue weighted by Crippen LogP contribution is 2.27. The highest BCUT2D eigenvalue weighted by atomic mass is 32.2. The highest BCUT2D eigenvalue weighted by molar-refractivity contribution is 7.99. The Kier molecular flexibility index (Phi) is 4.72. The molecule has 0 fully saturated rings. The summed E-state index contributed by atoms with van der Waals surface area (Å²) in [7, 11) is 0. The minimum Gasteiger partial charge on any atom is -0.478 e. The lowest BCUT2D eigenvalue weighted by Gasteiger charge is -2.09. The fourth-order valence-electron chi connectivity index (χ4n) is 2.46. The van der Waals surface area contributed by atoms with Crippen LogP contribution in [-0.4, -0.2) is 32.3 Å². The van der Waals surface area contributed by atoms with Gasteiger partial charge in [0.15, 0.2) is 5.16 Å². The largest absolute Gasteiger partial charge is 0.478 e. The van der Waals surface area contributed by atoms with Crippen LogP contribution < -0.4 is 0 Å². The predicted molar refractivity (Wildman–Crippen MR) is 98.4 cm³/mol. The Morgan fingerprint density at radius 3 is 2.44 bits per heavy atom. The Morgan fingerprint density at radius 2 is 1.76 bits per heavy atom. The molecule has 5 nitrogen and oxygen atoms in total. The van der Waals surface area contributed by atoms with Gasteiger partial charge in [-0.3, -0.25) is 9.36 Å². The third-order valence-corrected chi connectivity index (χ3v) is 4.74. The fraction of sp³-hybridized carbons (Fsp3) is 0.105.